The molecule has 0 heterocycles. The summed E-state index contributed by atoms with van der Waals surface area (Å²) in [7, 11) is -6.09. The van der Waals surface area contributed by atoms with Crippen molar-refractivity contribution in [1.29, 1.82) is 0 Å². The molecule has 5 aromatic carbocycles. The van der Waals surface area contributed by atoms with Gasteiger partial charge in [-0.1, -0.05) is 109 Å². The van der Waals surface area contributed by atoms with Gasteiger partial charge in [0.25, 0.3) is 10.1 Å². The normalized spacial score (nSPS) is 12.6. The van der Waals surface area contributed by atoms with Crippen LogP contribution < -0.4 is 9.47 Å². The van der Waals surface area contributed by atoms with Crippen LogP contribution in [0.25, 0.3) is 0 Å². The van der Waals surface area contributed by atoms with Gasteiger partial charge in [0, 0.05) is 28.3 Å². The number of ketones is 2. The maximum absolute atomic E-state index is 12.8. The summed E-state index contributed by atoms with van der Waals surface area (Å²) in [6.45, 7) is -0.290. The van der Waals surface area contributed by atoms with Gasteiger partial charge in [-0.25, -0.2) is 4.21 Å². The van der Waals surface area contributed by atoms with Crippen molar-refractivity contribution < 1.29 is 40.8 Å². The molecule has 0 spiro atoms. The number of ether oxygens (including phenoxy) is 2. The topological polar surface area (TPSA) is 144 Å². The van der Waals surface area contributed by atoms with Crippen molar-refractivity contribution >= 4 is 39.1 Å². The number of benzene rings is 5. The molecule has 9 nitrogen and oxygen atoms in total. The summed E-state index contributed by atoms with van der Waals surface area (Å²) in [4.78, 5) is 24.3. The summed E-state index contributed by atoms with van der Waals surface area (Å²) in [5.41, 5.74) is 3.15. The van der Waals surface area contributed by atoms with Gasteiger partial charge < -0.3 is 14.0 Å². The third-order valence-electron chi connectivity index (χ3n) is 6.87. The molecule has 0 radical (unpaired) electrons. The summed E-state index contributed by atoms with van der Waals surface area (Å²) in [5.74, 6) is -0.800. The van der Waals surface area contributed by atoms with Gasteiger partial charge in [0.1, 0.15) is 27.5 Å². The molecule has 0 aromatic heterocycles. The Hall–Kier alpha value is -4.64. The second-order valence-corrected chi connectivity index (χ2v) is 14.7. The van der Waals surface area contributed by atoms with Crippen LogP contribution in [0.1, 0.15) is 43.0 Å². The highest BCUT2D eigenvalue weighted by Crippen LogP contribution is 2.39. The van der Waals surface area contributed by atoms with Crippen molar-refractivity contribution in [2.45, 2.75) is 23.0 Å². The van der Waals surface area contributed by atoms with Gasteiger partial charge in [0.2, 0.25) is 0 Å². The Morgan fingerprint density at radius 1 is 0.587 bits per heavy atom. The van der Waals surface area contributed by atoms with E-state index < -0.39 is 29.3 Å². The van der Waals surface area contributed by atoms with E-state index in [0.717, 1.165) is 12.1 Å². The fourth-order valence-corrected chi connectivity index (χ4v) is 6.24. The second-order valence-electron chi connectivity index (χ2n) is 10.1. The lowest BCUT2D eigenvalue weighted by atomic mass is 10.0. The highest BCUT2D eigenvalue weighted by molar-refractivity contribution is 8.16. The number of rotatable bonds is 12. The molecule has 0 aliphatic heterocycles. The lowest BCUT2D eigenvalue weighted by molar-refractivity contribution is 0.103. The van der Waals surface area contributed by atoms with Crippen molar-refractivity contribution in [2.24, 2.45) is 0 Å². The van der Waals surface area contributed by atoms with E-state index in [1.807, 2.05) is 12.1 Å². The Labute approximate surface area is 268 Å². The van der Waals surface area contributed by atoms with Crippen LogP contribution in [0.3, 0.4) is 0 Å². The molecule has 0 amide bonds. The minimum absolute atomic E-state index is 0.144. The molecule has 234 valence electrons. The molecule has 5 rings (SSSR count). The zero-order chi connectivity index (χ0) is 32.9. The first-order valence-corrected chi connectivity index (χ1v) is 17.9. The minimum Gasteiger partial charge on any atom is -0.485 e. The first-order chi connectivity index (χ1) is 21.9. The molecule has 0 saturated carbocycles. The lowest BCUT2D eigenvalue weighted by Gasteiger charge is -2.18. The van der Waals surface area contributed by atoms with E-state index in [1.165, 1.54) is 0 Å². The molecule has 46 heavy (non-hydrogen) atoms. The molecule has 0 fully saturated rings. The van der Waals surface area contributed by atoms with Crippen LogP contribution in [-0.4, -0.2) is 33.3 Å². The smallest absolute Gasteiger partial charge is 0.294 e. The quantitative estimate of drug-likeness (QED) is 0.0836. The molecule has 1 atom stereocenters. The molecule has 12 heteroatoms. The summed E-state index contributed by atoms with van der Waals surface area (Å²) in [5, 5.41) is 0. The molecule has 0 bridgehead atoms. The van der Waals surface area contributed by atoms with E-state index in [-0.39, 0.29) is 36.3 Å². The van der Waals surface area contributed by atoms with Crippen molar-refractivity contribution in [2.75, 3.05) is 0 Å². The predicted molar refractivity (Wildman–Crippen MR) is 175 cm³/mol. The highest BCUT2D eigenvalue weighted by atomic mass is 32.5. The summed E-state index contributed by atoms with van der Waals surface area (Å²) in [6.07, 6.45) is 0. The van der Waals surface area contributed by atoms with Crippen molar-refractivity contribution in [3.05, 3.63) is 155 Å². The molecule has 0 aliphatic rings. The SMILES string of the molecule is O=C(c1ccccc1)c1ccc(COc2cc(S(=O)(=O)O)cc(S(=O)(O)=P)c2OCc2ccc(C(=O)c3ccccc3)cc2)cc1. The van der Waals surface area contributed by atoms with E-state index in [2.05, 4.69) is 8.02 Å². The van der Waals surface area contributed by atoms with Gasteiger partial charge in [-0.05, 0) is 25.2 Å². The van der Waals surface area contributed by atoms with Gasteiger partial charge in [-0.2, -0.15) is 8.42 Å². The standard InChI is InChI=1S/C34H27O9PS2/c35-32(25-7-3-1-4-8-25)27-15-11-23(12-16-27)21-42-30-19-29(45(37,38)39)20-31(46(40,41)44)34(30)43-22-24-13-17-28(18-14-24)33(36)26-9-5-2-6-10-26/h1-20,44H,21-22H2,(H,40,41)(H,37,38,39). The Balaban J connectivity index is 1.40. The van der Waals surface area contributed by atoms with Crippen LogP contribution in [0.2, 0.25) is 0 Å². The van der Waals surface area contributed by atoms with Crippen LogP contribution in [0.4, 0.5) is 0 Å². The molecular formula is C34H27O9PS2. The van der Waals surface area contributed by atoms with Gasteiger partial charge in [0.15, 0.2) is 23.1 Å². The summed E-state index contributed by atoms with van der Waals surface area (Å²) in [6, 6.07) is 32.5. The van der Waals surface area contributed by atoms with Crippen molar-refractivity contribution in [3.63, 3.8) is 0 Å². The maximum atomic E-state index is 12.8. The monoisotopic (exact) mass is 674 g/mol. The maximum Gasteiger partial charge on any atom is 0.294 e. The fourth-order valence-electron chi connectivity index (χ4n) is 4.49. The van der Waals surface area contributed by atoms with Gasteiger partial charge in [-0.3, -0.25) is 14.1 Å². The van der Waals surface area contributed by atoms with Crippen LogP contribution in [-0.2, 0) is 32.7 Å². The first-order valence-electron chi connectivity index (χ1n) is 13.7. The zero-order valence-electron chi connectivity index (χ0n) is 24.0. The van der Waals surface area contributed by atoms with E-state index in [9.17, 15) is 31.3 Å². The van der Waals surface area contributed by atoms with Crippen LogP contribution in [0.15, 0.2) is 131 Å². The lowest BCUT2D eigenvalue weighted by Crippen LogP contribution is -2.09. The number of hydrogen-bond donors (Lipinski definition) is 2. The molecule has 1 unspecified atom stereocenters. The van der Waals surface area contributed by atoms with E-state index in [0.29, 0.717) is 33.4 Å². The van der Waals surface area contributed by atoms with Crippen LogP contribution in [0, 0.1) is 0 Å². The molecule has 0 saturated heterocycles. The minimum atomic E-state index is -4.82. The van der Waals surface area contributed by atoms with Gasteiger partial charge in [0.05, 0.1) is 4.90 Å². The molecule has 0 aliphatic carbocycles. The summed E-state index contributed by atoms with van der Waals surface area (Å²) < 4.78 is 68.8. The van der Waals surface area contributed by atoms with Crippen molar-refractivity contribution in [3.8, 4) is 11.5 Å². The van der Waals surface area contributed by atoms with E-state index >= 15 is 0 Å². The molecular weight excluding hydrogens is 647 g/mol. The number of hydrogen-bond acceptors (Lipinski definition) is 7. The average Bonchev–Trinajstić information content (AvgIpc) is 3.06. The Morgan fingerprint density at radius 3 is 1.41 bits per heavy atom. The number of carbonyl (C=O) groups is 2. The fraction of sp³-hybridized carbons (Fsp3) is 0.0588. The first kappa shape index (κ1) is 32.7. The van der Waals surface area contributed by atoms with E-state index in [4.69, 9.17) is 9.47 Å². The van der Waals surface area contributed by atoms with Crippen molar-refractivity contribution in [1.82, 2.24) is 0 Å². The average molecular weight is 675 g/mol. The van der Waals surface area contributed by atoms with Crippen LogP contribution in [0.5, 0.6) is 11.5 Å². The Kier molecular flexibility index (Phi) is 9.81. The third kappa shape index (κ3) is 7.95. The van der Waals surface area contributed by atoms with Gasteiger partial charge in [-0.15, -0.1) is 0 Å². The number of carbonyl (C=O) groups excluding carboxylic acids is 2. The second kappa shape index (κ2) is 13.8. The van der Waals surface area contributed by atoms with Gasteiger partial charge >= 0.3 is 0 Å². The Bertz CT molecular complexity index is 2100. The zero-order valence-corrected chi connectivity index (χ0v) is 26.7. The largest absolute Gasteiger partial charge is 0.485 e. The van der Waals surface area contributed by atoms with E-state index in [1.54, 1.807) is 97.1 Å². The predicted octanol–water partition coefficient (Wildman–Crippen LogP) is 6.73. The summed E-state index contributed by atoms with van der Waals surface area (Å²) >= 11 is 0. The third-order valence-corrected chi connectivity index (χ3v) is 9.26. The Morgan fingerprint density at radius 2 is 1.00 bits per heavy atom. The highest BCUT2D eigenvalue weighted by Gasteiger charge is 2.24. The molecule has 2 N–H and O–H groups in total. The molecule has 5 aromatic rings. The van der Waals surface area contributed by atoms with Crippen LogP contribution >= 0.6 is 8.02 Å².